The Morgan fingerprint density at radius 2 is 2.19 bits per heavy atom. The summed E-state index contributed by atoms with van der Waals surface area (Å²) in [6.45, 7) is 1.63. The molecule has 1 aromatic carbocycles. The Labute approximate surface area is 122 Å². The van der Waals surface area contributed by atoms with E-state index in [0.29, 0.717) is 5.56 Å². The molecule has 5 N–H and O–H groups in total. The minimum absolute atomic E-state index is 0.149. The van der Waals surface area contributed by atoms with Crippen LogP contribution >= 0.6 is 0 Å². The van der Waals surface area contributed by atoms with Crippen LogP contribution in [-0.2, 0) is 4.79 Å². The van der Waals surface area contributed by atoms with Gasteiger partial charge in [-0.1, -0.05) is 25.1 Å². The zero-order chi connectivity index (χ0) is 15.6. The van der Waals surface area contributed by atoms with E-state index in [-0.39, 0.29) is 19.1 Å². The molecule has 1 aromatic rings. The molecule has 2 amide bonds. The monoisotopic (exact) mass is 290 g/mol. The molecule has 0 radical (unpaired) electrons. The van der Waals surface area contributed by atoms with Crippen molar-refractivity contribution in [1.29, 1.82) is 5.41 Å². The molecule has 0 spiro atoms. The second-order valence-electron chi connectivity index (χ2n) is 4.95. The van der Waals surface area contributed by atoms with Gasteiger partial charge in [0.25, 0.3) is 5.91 Å². The van der Waals surface area contributed by atoms with Gasteiger partial charge in [-0.3, -0.25) is 20.3 Å². The van der Waals surface area contributed by atoms with Crippen molar-refractivity contribution in [2.75, 3.05) is 13.2 Å². The zero-order valence-electron chi connectivity index (χ0n) is 11.7. The van der Waals surface area contributed by atoms with E-state index in [1.165, 1.54) is 4.90 Å². The first-order valence-corrected chi connectivity index (χ1v) is 6.63. The van der Waals surface area contributed by atoms with E-state index in [9.17, 15) is 9.59 Å². The van der Waals surface area contributed by atoms with E-state index >= 15 is 0 Å². The lowest BCUT2D eigenvalue weighted by atomic mass is 9.93. The van der Waals surface area contributed by atoms with Crippen molar-refractivity contribution in [1.82, 2.24) is 10.2 Å². The zero-order valence-corrected chi connectivity index (χ0v) is 11.7. The fraction of sp³-hybridized carbons (Fsp3) is 0.357. The normalized spacial score (nSPS) is 18.3. The number of nitrogens with two attached hydrogens (primary N) is 1. The lowest BCUT2D eigenvalue weighted by Crippen LogP contribution is -2.44. The van der Waals surface area contributed by atoms with Crippen LogP contribution in [-0.4, -0.2) is 40.9 Å². The third-order valence-corrected chi connectivity index (χ3v) is 3.59. The largest absolute Gasteiger partial charge is 0.395 e. The fourth-order valence-corrected chi connectivity index (χ4v) is 2.68. The van der Waals surface area contributed by atoms with Gasteiger partial charge < -0.3 is 15.7 Å². The van der Waals surface area contributed by atoms with Crippen molar-refractivity contribution in [2.24, 2.45) is 11.7 Å². The molecule has 0 saturated heterocycles. The molecule has 2 rings (SSSR count). The molecule has 0 aliphatic carbocycles. The second kappa shape index (κ2) is 5.92. The molecule has 2 unspecified atom stereocenters. The lowest BCUT2D eigenvalue weighted by molar-refractivity contribution is -0.124. The highest BCUT2D eigenvalue weighted by atomic mass is 16.3. The summed E-state index contributed by atoms with van der Waals surface area (Å²) in [5.74, 6) is -1.65. The Morgan fingerprint density at radius 3 is 2.81 bits per heavy atom. The van der Waals surface area contributed by atoms with Crippen LogP contribution in [0.1, 0.15) is 28.9 Å². The van der Waals surface area contributed by atoms with Gasteiger partial charge in [0.15, 0.2) is 5.96 Å². The molecule has 0 saturated carbocycles. The number of nitrogens with one attached hydrogen (secondary N) is 2. The van der Waals surface area contributed by atoms with Crippen LogP contribution in [0.2, 0.25) is 0 Å². The molecule has 7 nitrogen and oxygen atoms in total. The predicted octanol–water partition coefficient (Wildman–Crippen LogP) is -0.178. The maximum atomic E-state index is 12.4. The van der Waals surface area contributed by atoms with Gasteiger partial charge >= 0.3 is 0 Å². The van der Waals surface area contributed by atoms with Crippen LogP contribution < -0.4 is 11.1 Å². The molecule has 1 aliphatic heterocycles. The van der Waals surface area contributed by atoms with Crippen molar-refractivity contribution in [3.05, 3.63) is 35.4 Å². The number of carbonyl (C=O) groups is 2. The standard InChI is InChI=1S/C14H18N4O3/c1-8(12(20)17-14(15)16)11-9-4-2-3-5-10(9)13(21)18(11)6-7-19/h2-5,8,11,19H,6-7H2,1H3,(H4,15,16,17,20). The summed E-state index contributed by atoms with van der Waals surface area (Å²) >= 11 is 0. The molecule has 112 valence electrons. The molecule has 7 heteroatoms. The molecule has 0 fully saturated rings. The van der Waals surface area contributed by atoms with Gasteiger partial charge in [-0.05, 0) is 11.6 Å². The fourth-order valence-electron chi connectivity index (χ4n) is 2.68. The molecule has 0 bridgehead atoms. The number of amides is 2. The van der Waals surface area contributed by atoms with E-state index < -0.39 is 23.8 Å². The molecule has 21 heavy (non-hydrogen) atoms. The summed E-state index contributed by atoms with van der Waals surface area (Å²) in [5, 5.41) is 18.5. The highest BCUT2D eigenvalue weighted by molar-refractivity contribution is 6.01. The number of hydrogen-bond acceptors (Lipinski definition) is 4. The summed E-state index contributed by atoms with van der Waals surface area (Å²) in [6.07, 6.45) is 0. The molecular formula is C14H18N4O3. The van der Waals surface area contributed by atoms with E-state index in [1.54, 1.807) is 31.2 Å². The number of β-amino-alcohol motifs (C(OH)–C–C–N with tert-alkyl or cyclic N) is 1. The minimum atomic E-state index is -0.590. The van der Waals surface area contributed by atoms with Gasteiger partial charge in [0, 0.05) is 12.1 Å². The lowest BCUT2D eigenvalue weighted by Gasteiger charge is -2.29. The van der Waals surface area contributed by atoms with E-state index in [0.717, 1.165) is 5.56 Å². The van der Waals surface area contributed by atoms with Gasteiger partial charge in [0.05, 0.1) is 18.6 Å². The highest BCUT2D eigenvalue weighted by Gasteiger charge is 2.41. The Balaban J connectivity index is 2.36. The Bertz CT molecular complexity index is 587. The SMILES string of the molecule is CC(C(=O)NC(=N)N)C1c2ccccc2C(=O)N1CCO. The predicted molar refractivity (Wildman–Crippen MR) is 76.5 cm³/mol. The van der Waals surface area contributed by atoms with Gasteiger partial charge in [-0.25, -0.2) is 0 Å². The third-order valence-electron chi connectivity index (χ3n) is 3.59. The average molecular weight is 290 g/mol. The molecule has 2 atom stereocenters. The number of guanidine groups is 1. The summed E-state index contributed by atoms with van der Waals surface area (Å²) in [6, 6.07) is 6.60. The number of carbonyl (C=O) groups excluding carboxylic acids is 2. The van der Waals surface area contributed by atoms with Crippen molar-refractivity contribution in [2.45, 2.75) is 13.0 Å². The second-order valence-corrected chi connectivity index (χ2v) is 4.95. The number of benzene rings is 1. The topological polar surface area (TPSA) is 120 Å². The molecule has 0 aromatic heterocycles. The van der Waals surface area contributed by atoms with Crippen LogP contribution in [0.3, 0.4) is 0 Å². The van der Waals surface area contributed by atoms with Crippen molar-refractivity contribution >= 4 is 17.8 Å². The van der Waals surface area contributed by atoms with Crippen LogP contribution in [0, 0.1) is 11.3 Å². The first-order valence-electron chi connectivity index (χ1n) is 6.63. The number of fused-ring (bicyclic) bond motifs is 1. The maximum Gasteiger partial charge on any atom is 0.254 e. The summed E-state index contributed by atoms with van der Waals surface area (Å²) in [4.78, 5) is 25.9. The summed E-state index contributed by atoms with van der Waals surface area (Å²) in [5.41, 5.74) is 6.47. The summed E-state index contributed by atoms with van der Waals surface area (Å²) in [7, 11) is 0. The highest BCUT2D eigenvalue weighted by Crippen LogP contribution is 2.38. The van der Waals surface area contributed by atoms with Crippen molar-refractivity contribution in [3.63, 3.8) is 0 Å². The van der Waals surface area contributed by atoms with E-state index in [1.807, 2.05) is 0 Å². The first-order chi connectivity index (χ1) is 9.97. The van der Waals surface area contributed by atoms with Crippen molar-refractivity contribution in [3.8, 4) is 0 Å². The minimum Gasteiger partial charge on any atom is -0.395 e. The van der Waals surface area contributed by atoms with Gasteiger partial charge in [-0.15, -0.1) is 0 Å². The third kappa shape index (κ3) is 2.73. The summed E-state index contributed by atoms with van der Waals surface area (Å²) < 4.78 is 0. The smallest absolute Gasteiger partial charge is 0.254 e. The number of aliphatic hydroxyl groups is 1. The van der Waals surface area contributed by atoms with E-state index in [4.69, 9.17) is 16.2 Å². The van der Waals surface area contributed by atoms with Gasteiger partial charge in [0.2, 0.25) is 5.91 Å². The number of aliphatic hydroxyl groups excluding tert-OH is 1. The van der Waals surface area contributed by atoms with Crippen LogP contribution in [0.25, 0.3) is 0 Å². The molecular weight excluding hydrogens is 272 g/mol. The average Bonchev–Trinajstić information content (AvgIpc) is 2.71. The number of nitrogens with zero attached hydrogens (tertiary/aromatic N) is 1. The Kier molecular flexibility index (Phi) is 4.23. The van der Waals surface area contributed by atoms with Gasteiger partial charge in [-0.2, -0.15) is 0 Å². The molecule has 1 aliphatic rings. The van der Waals surface area contributed by atoms with Crippen molar-refractivity contribution < 1.29 is 14.7 Å². The number of rotatable bonds is 4. The Hall–Kier alpha value is -2.41. The quantitative estimate of drug-likeness (QED) is 0.454. The Morgan fingerprint density at radius 1 is 1.52 bits per heavy atom. The molecule has 1 heterocycles. The van der Waals surface area contributed by atoms with Gasteiger partial charge in [0.1, 0.15) is 0 Å². The van der Waals surface area contributed by atoms with Crippen LogP contribution in [0.15, 0.2) is 24.3 Å². The first kappa shape index (κ1) is 15.0. The number of hydrogen-bond donors (Lipinski definition) is 4. The van der Waals surface area contributed by atoms with Crippen LogP contribution in [0.5, 0.6) is 0 Å². The maximum absolute atomic E-state index is 12.4. The van der Waals surface area contributed by atoms with E-state index in [2.05, 4.69) is 5.32 Å². The van der Waals surface area contributed by atoms with Crippen LogP contribution in [0.4, 0.5) is 0 Å².